The van der Waals surface area contributed by atoms with Gasteiger partial charge in [0.2, 0.25) is 0 Å². The van der Waals surface area contributed by atoms with Crippen LogP contribution < -0.4 is 10.1 Å². The Hall–Kier alpha value is -2.89. The number of nitrogens with zero attached hydrogens (tertiary/aromatic N) is 1. The first kappa shape index (κ1) is 19.4. The SMILES string of the molecule is CCCCCCCOc1ccc(NC(=O)c2ccccc2[N+](=O)[O-])cc1. The van der Waals surface area contributed by atoms with Gasteiger partial charge < -0.3 is 10.1 Å². The molecule has 2 aromatic rings. The average molecular weight is 356 g/mol. The lowest BCUT2D eigenvalue weighted by atomic mass is 10.1. The second-order valence-corrected chi connectivity index (χ2v) is 6.02. The highest BCUT2D eigenvalue weighted by Gasteiger charge is 2.19. The summed E-state index contributed by atoms with van der Waals surface area (Å²) in [4.78, 5) is 22.7. The maximum absolute atomic E-state index is 12.3. The molecule has 1 amide bonds. The summed E-state index contributed by atoms with van der Waals surface area (Å²) >= 11 is 0. The summed E-state index contributed by atoms with van der Waals surface area (Å²) in [7, 11) is 0. The zero-order valence-corrected chi connectivity index (χ0v) is 14.9. The molecule has 2 aromatic carbocycles. The van der Waals surface area contributed by atoms with Crippen molar-refractivity contribution in [3.8, 4) is 5.75 Å². The number of unbranched alkanes of at least 4 members (excludes halogenated alkanes) is 4. The number of nitro benzene ring substituents is 1. The highest BCUT2D eigenvalue weighted by molar-refractivity contribution is 6.07. The molecule has 2 rings (SSSR count). The molecule has 0 aliphatic carbocycles. The number of para-hydroxylation sites is 1. The maximum atomic E-state index is 12.3. The summed E-state index contributed by atoms with van der Waals surface area (Å²) in [5, 5.41) is 13.7. The van der Waals surface area contributed by atoms with Crippen molar-refractivity contribution in [3.63, 3.8) is 0 Å². The number of hydrogen-bond donors (Lipinski definition) is 1. The van der Waals surface area contributed by atoms with Crippen LogP contribution in [0.5, 0.6) is 5.75 Å². The minimum atomic E-state index is -0.563. The Morgan fingerprint density at radius 2 is 1.73 bits per heavy atom. The van der Waals surface area contributed by atoms with Crippen molar-refractivity contribution in [1.29, 1.82) is 0 Å². The van der Waals surface area contributed by atoms with Crippen LogP contribution in [0.15, 0.2) is 48.5 Å². The first-order chi connectivity index (χ1) is 12.6. The monoisotopic (exact) mass is 356 g/mol. The molecule has 6 heteroatoms. The molecule has 0 atom stereocenters. The van der Waals surface area contributed by atoms with E-state index in [-0.39, 0.29) is 11.3 Å². The fourth-order valence-electron chi connectivity index (χ4n) is 2.55. The largest absolute Gasteiger partial charge is 0.494 e. The molecule has 138 valence electrons. The lowest BCUT2D eigenvalue weighted by Gasteiger charge is -2.08. The topological polar surface area (TPSA) is 81.5 Å². The Balaban J connectivity index is 1.87. The maximum Gasteiger partial charge on any atom is 0.282 e. The van der Waals surface area contributed by atoms with Gasteiger partial charge in [-0.25, -0.2) is 0 Å². The van der Waals surface area contributed by atoms with E-state index in [0.717, 1.165) is 18.6 Å². The molecule has 0 spiro atoms. The van der Waals surface area contributed by atoms with E-state index in [9.17, 15) is 14.9 Å². The average Bonchev–Trinajstić information content (AvgIpc) is 2.65. The summed E-state index contributed by atoms with van der Waals surface area (Å²) in [5.74, 6) is 0.228. The molecule has 0 aliphatic heterocycles. The highest BCUT2D eigenvalue weighted by atomic mass is 16.6. The lowest BCUT2D eigenvalue weighted by Crippen LogP contribution is -2.13. The third-order valence-electron chi connectivity index (χ3n) is 3.97. The number of benzene rings is 2. The lowest BCUT2D eigenvalue weighted by molar-refractivity contribution is -0.385. The van der Waals surface area contributed by atoms with Crippen molar-refractivity contribution >= 4 is 17.3 Å². The Labute approximate surface area is 153 Å². The number of anilines is 1. The van der Waals surface area contributed by atoms with Gasteiger partial charge in [-0.3, -0.25) is 14.9 Å². The van der Waals surface area contributed by atoms with Crippen molar-refractivity contribution in [2.75, 3.05) is 11.9 Å². The van der Waals surface area contributed by atoms with Gasteiger partial charge >= 0.3 is 0 Å². The van der Waals surface area contributed by atoms with Crippen molar-refractivity contribution in [1.82, 2.24) is 0 Å². The normalized spacial score (nSPS) is 10.3. The van der Waals surface area contributed by atoms with Gasteiger partial charge in [0.05, 0.1) is 11.5 Å². The second kappa shape index (κ2) is 10.2. The first-order valence-electron chi connectivity index (χ1n) is 8.89. The second-order valence-electron chi connectivity index (χ2n) is 6.02. The minimum absolute atomic E-state index is 0.0323. The van der Waals surface area contributed by atoms with E-state index < -0.39 is 10.8 Å². The van der Waals surface area contributed by atoms with Gasteiger partial charge in [-0.1, -0.05) is 44.7 Å². The molecule has 0 fully saturated rings. The number of nitro groups is 1. The zero-order chi connectivity index (χ0) is 18.8. The zero-order valence-electron chi connectivity index (χ0n) is 14.9. The standard InChI is InChI=1S/C20H24N2O4/c1-2-3-4-5-8-15-26-17-13-11-16(12-14-17)21-20(23)18-9-6-7-10-19(18)22(24)25/h6-7,9-14H,2-5,8,15H2,1H3,(H,21,23). The molecule has 0 aliphatic rings. The third kappa shape index (κ3) is 5.88. The van der Waals surface area contributed by atoms with Crippen LogP contribution in [-0.4, -0.2) is 17.4 Å². The molecule has 0 radical (unpaired) electrons. The summed E-state index contributed by atoms with van der Waals surface area (Å²) in [6.45, 7) is 2.86. The summed E-state index contributed by atoms with van der Waals surface area (Å²) in [6.07, 6.45) is 5.90. The molecule has 26 heavy (non-hydrogen) atoms. The number of rotatable bonds is 10. The van der Waals surface area contributed by atoms with Gasteiger partial charge in [-0.05, 0) is 36.8 Å². The molecule has 0 saturated carbocycles. The van der Waals surface area contributed by atoms with Gasteiger partial charge in [0, 0.05) is 11.8 Å². The van der Waals surface area contributed by atoms with Crippen LogP contribution in [0.3, 0.4) is 0 Å². The summed E-state index contributed by atoms with van der Waals surface area (Å²) < 4.78 is 5.68. The predicted molar refractivity (Wildman–Crippen MR) is 102 cm³/mol. The molecular weight excluding hydrogens is 332 g/mol. The number of carbonyl (C=O) groups excluding carboxylic acids is 1. The smallest absolute Gasteiger partial charge is 0.282 e. The summed E-state index contributed by atoms with van der Waals surface area (Å²) in [6, 6.07) is 12.9. The molecule has 0 bridgehead atoms. The minimum Gasteiger partial charge on any atom is -0.494 e. The molecule has 0 unspecified atom stereocenters. The molecule has 6 nitrogen and oxygen atoms in total. The number of nitrogens with one attached hydrogen (secondary N) is 1. The van der Waals surface area contributed by atoms with Crippen LogP contribution in [0.4, 0.5) is 11.4 Å². The van der Waals surface area contributed by atoms with Gasteiger partial charge in [0.25, 0.3) is 11.6 Å². The Bertz CT molecular complexity index is 729. The number of carbonyl (C=O) groups is 1. The van der Waals surface area contributed by atoms with Gasteiger partial charge in [0.15, 0.2) is 0 Å². The molecule has 1 N–H and O–H groups in total. The Morgan fingerprint density at radius 1 is 1.04 bits per heavy atom. The van der Waals surface area contributed by atoms with Gasteiger partial charge in [0.1, 0.15) is 11.3 Å². The van der Waals surface area contributed by atoms with Crippen LogP contribution in [0.2, 0.25) is 0 Å². The van der Waals surface area contributed by atoms with Crippen LogP contribution in [0.25, 0.3) is 0 Å². The van der Waals surface area contributed by atoms with Gasteiger partial charge in [-0.15, -0.1) is 0 Å². The first-order valence-corrected chi connectivity index (χ1v) is 8.89. The fourth-order valence-corrected chi connectivity index (χ4v) is 2.55. The van der Waals surface area contributed by atoms with E-state index in [1.54, 1.807) is 30.3 Å². The Morgan fingerprint density at radius 3 is 2.42 bits per heavy atom. The number of ether oxygens (including phenoxy) is 1. The number of amides is 1. The van der Waals surface area contributed by atoms with Crippen LogP contribution >= 0.6 is 0 Å². The third-order valence-corrected chi connectivity index (χ3v) is 3.97. The van der Waals surface area contributed by atoms with Crippen molar-refractivity contribution < 1.29 is 14.5 Å². The van der Waals surface area contributed by atoms with Crippen LogP contribution in [0.1, 0.15) is 49.4 Å². The van der Waals surface area contributed by atoms with E-state index in [1.165, 1.54) is 37.5 Å². The molecule has 0 heterocycles. The molecule has 0 saturated heterocycles. The molecule has 0 aromatic heterocycles. The van der Waals surface area contributed by atoms with E-state index >= 15 is 0 Å². The quantitative estimate of drug-likeness (QED) is 0.360. The number of hydrogen-bond acceptors (Lipinski definition) is 4. The van der Waals surface area contributed by atoms with E-state index in [2.05, 4.69) is 12.2 Å². The van der Waals surface area contributed by atoms with E-state index in [4.69, 9.17) is 4.74 Å². The van der Waals surface area contributed by atoms with E-state index in [0.29, 0.717) is 12.3 Å². The van der Waals surface area contributed by atoms with Crippen LogP contribution in [-0.2, 0) is 0 Å². The van der Waals surface area contributed by atoms with Crippen molar-refractivity contribution in [2.45, 2.75) is 39.0 Å². The summed E-state index contributed by atoms with van der Waals surface area (Å²) in [5.41, 5.74) is 0.376. The Kier molecular flexibility index (Phi) is 7.61. The fraction of sp³-hybridized carbons (Fsp3) is 0.350. The molecular formula is C20H24N2O4. The highest BCUT2D eigenvalue weighted by Crippen LogP contribution is 2.21. The van der Waals surface area contributed by atoms with E-state index in [1.807, 2.05) is 0 Å². The predicted octanol–water partition coefficient (Wildman–Crippen LogP) is 5.20. The van der Waals surface area contributed by atoms with Crippen molar-refractivity contribution in [3.05, 3.63) is 64.2 Å². The van der Waals surface area contributed by atoms with Crippen LogP contribution in [0, 0.1) is 10.1 Å². The van der Waals surface area contributed by atoms with Gasteiger partial charge in [-0.2, -0.15) is 0 Å². The van der Waals surface area contributed by atoms with Crippen molar-refractivity contribution in [2.24, 2.45) is 0 Å².